The van der Waals surface area contributed by atoms with E-state index in [1.165, 1.54) is 11.1 Å². The van der Waals surface area contributed by atoms with Crippen LogP contribution in [-0.4, -0.2) is 54.5 Å². The molecular formula is C20H29N3O2. The van der Waals surface area contributed by atoms with Gasteiger partial charge in [-0.3, -0.25) is 4.79 Å². The van der Waals surface area contributed by atoms with Crippen molar-refractivity contribution in [2.24, 2.45) is 5.92 Å². The molecule has 25 heavy (non-hydrogen) atoms. The lowest BCUT2D eigenvalue weighted by atomic mass is 9.97. The van der Waals surface area contributed by atoms with Crippen molar-refractivity contribution in [1.29, 1.82) is 0 Å². The minimum absolute atomic E-state index is 0.0721. The van der Waals surface area contributed by atoms with E-state index in [0.29, 0.717) is 13.1 Å². The zero-order chi connectivity index (χ0) is 17.6. The average molecular weight is 343 g/mol. The van der Waals surface area contributed by atoms with E-state index in [1.807, 2.05) is 21.9 Å². The highest BCUT2D eigenvalue weighted by Gasteiger charge is 2.31. The number of amides is 3. The number of likely N-dealkylation sites (tertiary alicyclic amines) is 2. The van der Waals surface area contributed by atoms with Crippen molar-refractivity contribution < 1.29 is 9.59 Å². The van der Waals surface area contributed by atoms with Gasteiger partial charge in [0.2, 0.25) is 5.91 Å². The number of carbonyl (C=O) groups excluding carboxylic acids is 2. The van der Waals surface area contributed by atoms with Gasteiger partial charge in [-0.25, -0.2) is 4.79 Å². The lowest BCUT2D eigenvalue weighted by Crippen LogP contribution is -2.49. The maximum atomic E-state index is 12.5. The zero-order valence-electron chi connectivity index (χ0n) is 15.2. The Morgan fingerprint density at radius 3 is 2.56 bits per heavy atom. The Morgan fingerprint density at radius 1 is 1.08 bits per heavy atom. The molecule has 2 aliphatic rings. The van der Waals surface area contributed by atoms with E-state index in [9.17, 15) is 9.59 Å². The molecule has 0 bridgehead atoms. The second-order valence-electron chi connectivity index (χ2n) is 7.23. The van der Waals surface area contributed by atoms with Crippen LogP contribution in [0.5, 0.6) is 0 Å². The fourth-order valence-electron chi connectivity index (χ4n) is 3.83. The molecule has 0 radical (unpaired) electrons. The molecule has 3 rings (SSSR count). The van der Waals surface area contributed by atoms with Gasteiger partial charge in [0, 0.05) is 32.7 Å². The van der Waals surface area contributed by atoms with Gasteiger partial charge in [-0.1, -0.05) is 24.3 Å². The topological polar surface area (TPSA) is 52.7 Å². The molecule has 1 N–H and O–H groups in total. The molecule has 0 saturated carbocycles. The van der Waals surface area contributed by atoms with E-state index in [-0.39, 0.29) is 17.9 Å². The Labute approximate surface area is 150 Å². The van der Waals surface area contributed by atoms with Crippen molar-refractivity contribution >= 4 is 11.9 Å². The molecule has 1 aromatic carbocycles. The molecule has 3 amide bonds. The van der Waals surface area contributed by atoms with Gasteiger partial charge in [-0.05, 0) is 50.2 Å². The number of hydrogen-bond donors (Lipinski definition) is 1. The fourth-order valence-corrected chi connectivity index (χ4v) is 3.83. The first-order chi connectivity index (χ1) is 12.1. The minimum Gasteiger partial charge on any atom is -0.355 e. The SMILES string of the molecule is Cc1ccccc1CCNC(=O)[C@H]1CCCN(C(=O)N2CCCC2)C1. The van der Waals surface area contributed by atoms with Gasteiger partial charge in [0.25, 0.3) is 0 Å². The summed E-state index contributed by atoms with van der Waals surface area (Å²) < 4.78 is 0. The summed E-state index contributed by atoms with van der Waals surface area (Å²) in [6, 6.07) is 8.40. The summed E-state index contributed by atoms with van der Waals surface area (Å²) in [6.07, 6.45) is 4.84. The lowest BCUT2D eigenvalue weighted by Gasteiger charge is -2.34. The van der Waals surface area contributed by atoms with E-state index in [1.54, 1.807) is 0 Å². The van der Waals surface area contributed by atoms with Crippen LogP contribution in [0.1, 0.15) is 36.8 Å². The first-order valence-corrected chi connectivity index (χ1v) is 9.51. The van der Waals surface area contributed by atoms with E-state index in [0.717, 1.165) is 51.7 Å². The molecule has 2 aliphatic heterocycles. The van der Waals surface area contributed by atoms with Crippen molar-refractivity contribution in [3.8, 4) is 0 Å². The lowest BCUT2D eigenvalue weighted by molar-refractivity contribution is -0.126. The van der Waals surface area contributed by atoms with E-state index in [2.05, 4.69) is 24.4 Å². The Hall–Kier alpha value is -2.04. The number of nitrogens with zero attached hydrogens (tertiary/aromatic N) is 2. The third-order valence-electron chi connectivity index (χ3n) is 5.39. The van der Waals surface area contributed by atoms with Crippen LogP contribution < -0.4 is 5.32 Å². The van der Waals surface area contributed by atoms with E-state index < -0.39 is 0 Å². The van der Waals surface area contributed by atoms with E-state index >= 15 is 0 Å². The van der Waals surface area contributed by atoms with Crippen molar-refractivity contribution in [3.63, 3.8) is 0 Å². The molecule has 136 valence electrons. The van der Waals surface area contributed by atoms with Crippen LogP contribution in [0.3, 0.4) is 0 Å². The number of rotatable bonds is 4. The first kappa shape index (κ1) is 17.8. The van der Waals surface area contributed by atoms with Gasteiger partial charge in [0.05, 0.1) is 5.92 Å². The third-order valence-corrected chi connectivity index (χ3v) is 5.39. The summed E-state index contributed by atoms with van der Waals surface area (Å²) in [5, 5.41) is 3.07. The quantitative estimate of drug-likeness (QED) is 0.913. The van der Waals surface area contributed by atoms with Gasteiger partial charge >= 0.3 is 6.03 Å². The molecule has 0 aliphatic carbocycles. The monoisotopic (exact) mass is 343 g/mol. The second-order valence-corrected chi connectivity index (χ2v) is 7.23. The van der Waals surface area contributed by atoms with Crippen LogP contribution in [0.2, 0.25) is 0 Å². The van der Waals surface area contributed by atoms with Crippen molar-refractivity contribution in [1.82, 2.24) is 15.1 Å². The van der Waals surface area contributed by atoms with Crippen LogP contribution >= 0.6 is 0 Å². The number of piperidine rings is 1. The van der Waals surface area contributed by atoms with Crippen molar-refractivity contribution in [3.05, 3.63) is 35.4 Å². The summed E-state index contributed by atoms with van der Waals surface area (Å²) in [6.45, 7) is 5.82. The predicted molar refractivity (Wildman–Crippen MR) is 98.4 cm³/mol. The highest BCUT2D eigenvalue weighted by molar-refractivity contribution is 5.81. The molecular weight excluding hydrogens is 314 g/mol. The Balaban J connectivity index is 1.46. The summed E-state index contributed by atoms with van der Waals surface area (Å²) >= 11 is 0. The molecule has 2 heterocycles. The maximum Gasteiger partial charge on any atom is 0.320 e. The number of hydrogen-bond acceptors (Lipinski definition) is 2. The molecule has 0 spiro atoms. The van der Waals surface area contributed by atoms with Crippen LogP contribution in [0.4, 0.5) is 4.79 Å². The smallest absolute Gasteiger partial charge is 0.320 e. The number of aryl methyl sites for hydroxylation is 1. The van der Waals surface area contributed by atoms with Crippen LogP contribution in [0, 0.1) is 12.8 Å². The standard InChI is InChI=1S/C20H29N3O2/c1-16-7-2-3-8-17(16)10-11-21-19(24)18-9-6-14-23(15-18)20(25)22-12-4-5-13-22/h2-3,7-8,18H,4-6,9-15H2,1H3,(H,21,24)/t18-/m0/s1. The Bertz CT molecular complexity index is 611. The summed E-state index contributed by atoms with van der Waals surface area (Å²) in [7, 11) is 0. The van der Waals surface area contributed by atoms with Gasteiger partial charge in [0.1, 0.15) is 0 Å². The normalized spacial score (nSPS) is 20.6. The van der Waals surface area contributed by atoms with Crippen LogP contribution in [0.25, 0.3) is 0 Å². The molecule has 0 aromatic heterocycles. The number of carbonyl (C=O) groups is 2. The van der Waals surface area contributed by atoms with Gasteiger partial charge in [-0.15, -0.1) is 0 Å². The maximum absolute atomic E-state index is 12.5. The van der Waals surface area contributed by atoms with Crippen LogP contribution in [-0.2, 0) is 11.2 Å². The van der Waals surface area contributed by atoms with Crippen molar-refractivity contribution in [2.75, 3.05) is 32.7 Å². The van der Waals surface area contributed by atoms with E-state index in [4.69, 9.17) is 0 Å². The van der Waals surface area contributed by atoms with Gasteiger partial charge in [-0.2, -0.15) is 0 Å². The largest absolute Gasteiger partial charge is 0.355 e. The highest BCUT2D eigenvalue weighted by Crippen LogP contribution is 2.20. The third kappa shape index (κ3) is 4.53. The molecule has 1 atom stereocenters. The van der Waals surface area contributed by atoms with Gasteiger partial charge < -0.3 is 15.1 Å². The number of nitrogens with one attached hydrogen (secondary N) is 1. The highest BCUT2D eigenvalue weighted by atomic mass is 16.2. The van der Waals surface area contributed by atoms with Crippen LogP contribution in [0.15, 0.2) is 24.3 Å². The summed E-state index contributed by atoms with van der Waals surface area (Å²) in [5.41, 5.74) is 2.54. The Morgan fingerprint density at radius 2 is 1.80 bits per heavy atom. The molecule has 0 unspecified atom stereocenters. The first-order valence-electron chi connectivity index (χ1n) is 9.51. The molecule has 1 aromatic rings. The summed E-state index contributed by atoms with van der Waals surface area (Å²) in [4.78, 5) is 28.8. The zero-order valence-corrected chi connectivity index (χ0v) is 15.2. The molecule has 2 saturated heterocycles. The average Bonchev–Trinajstić information content (AvgIpc) is 3.17. The molecule has 5 heteroatoms. The Kier molecular flexibility index (Phi) is 5.95. The molecule has 5 nitrogen and oxygen atoms in total. The fraction of sp³-hybridized carbons (Fsp3) is 0.600. The predicted octanol–water partition coefficient (Wildman–Crippen LogP) is 2.58. The number of urea groups is 1. The minimum atomic E-state index is -0.0721. The summed E-state index contributed by atoms with van der Waals surface area (Å²) in [5.74, 6) is 0.0182. The second kappa shape index (κ2) is 8.37. The number of benzene rings is 1. The van der Waals surface area contributed by atoms with Crippen molar-refractivity contribution in [2.45, 2.75) is 39.0 Å². The van der Waals surface area contributed by atoms with Gasteiger partial charge in [0.15, 0.2) is 0 Å². The molecule has 2 fully saturated rings.